The van der Waals surface area contributed by atoms with Gasteiger partial charge in [0.05, 0.1) is 18.5 Å². The quantitative estimate of drug-likeness (QED) is 0.883. The van der Waals surface area contributed by atoms with Crippen molar-refractivity contribution < 1.29 is 18.7 Å². The first-order chi connectivity index (χ1) is 10.0. The molecule has 1 heterocycles. The van der Waals surface area contributed by atoms with Gasteiger partial charge < -0.3 is 10.1 Å². The van der Waals surface area contributed by atoms with Crippen molar-refractivity contribution in [2.75, 3.05) is 12.4 Å². The van der Waals surface area contributed by atoms with E-state index in [9.17, 15) is 14.0 Å². The molecule has 0 aliphatic heterocycles. The molecular formula is C15H14FNO3S. The Hall–Kier alpha value is -2.21. The molecule has 0 fully saturated rings. The topological polar surface area (TPSA) is 55.4 Å². The largest absolute Gasteiger partial charge is 0.465 e. The average molecular weight is 307 g/mol. The number of hydrogen-bond donors (Lipinski definition) is 1. The predicted molar refractivity (Wildman–Crippen MR) is 79.1 cm³/mol. The highest BCUT2D eigenvalue weighted by Crippen LogP contribution is 2.27. The van der Waals surface area contributed by atoms with Crippen LogP contribution < -0.4 is 5.32 Å². The second kappa shape index (κ2) is 6.49. The lowest BCUT2D eigenvalue weighted by Crippen LogP contribution is -2.14. The molecule has 1 aromatic heterocycles. The van der Waals surface area contributed by atoms with Crippen molar-refractivity contribution in [3.63, 3.8) is 0 Å². The summed E-state index contributed by atoms with van der Waals surface area (Å²) in [5.41, 5.74) is 1.06. The molecule has 2 aromatic rings. The number of carbonyl (C=O) groups excluding carboxylic acids is 2. The van der Waals surface area contributed by atoms with Gasteiger partial charge in [0.1, 0.15) is 10.7 Å². The number of thiophene rings is 1. The maximum Gasteiger partial charge on any atom is 0.348 e. The van der Waals surface area contributed by atoms with Crippen LogP contribution in [0.25, 0.3) is 0 Å². The fourth-order valence-electron chi connectivity index (χ4n) is 1.84. The summed E-state index contributed by atoms with van der Waals surface area (Å²) in [6.07, 6.45) is -0.0584. The molecule has 0 atom stereocenters. The first-order valence-electron chi connectivity index (χ1n) is 6.23. The summed E-state index contributed by atoms with van der Waals surface area (Å²) < 4.78 is 18.1. The van der Waals surface area contributed by atoms with Gasteiger partial charge in [-0.25, -0.2) is 9.18 Å². The van der Waals surface area contributed by atoms with Crippen LogP contribution in [0.15, 0.2) is 30.3 Å². The molecule has 110 valence electrons. The van der Waals surface area contributed by atoms with Crippen molar-refractivity contribution in [1.82, 2.24) is 0 Å². The van der Waals surface area contributed by atoms with Crippen LogP contribution in [0.3, 0.4) is 0 Å². The van der Waals surface area contributed by atoms with Gasteiger partial charge in [-0.15, -0.1) is 11.3 Å². The third-order valence-corrected chi connectivity index (χ3v) is 3.99. The minimum atomic E-state index is -0.438. The van der Waals surface area contributed by atoms with E-state index < -0.39 is 11.8 Å². The molecule has 2 rings (SSSR count). The number of aryl methyl sites for hydroxylation is 1. The van der Waals surface area contributed by atoms with Crippen molar-refractivity contribution in [2.24, 2.45) is 0 Å². The van der Waals surface area contributed by atoms with E-state index >= 15 is 0 Å². The Labute approximate surface area is 125 Å². The number of amides is 1. The zero-order valence-electron chi connectivity index (χ0n) is 11.6. The van der Waals surface area contributed by atoms with Crippen molar-refractivity contribution >= 4 is 28.2 Å². The number of hydrogen-bond acceptors (Lipinski definition) is 4. The predicted octanol–water partition coefficient (Wildman–Crippen LogP) is 3.16. The molecule has 6 heteroatoms. The lowest BCUT2D eigenvalue weighted by Gasteiger charge is -2.03. The maximum atomic E-state index is 13.5. The van der Waals surface area contributed by atoms with Gasteiger partial charge in [-0.3, -0.25) is 4.79 Å². The Morgan fingerprint density at radius 2 is 2.05 bits per heavy atom. The van der Waals surface area contributed by atoms with Gasteiger partial charge in [0.25, 0.3) is 0 Å². The Morgan fingerprint density at radius 1 is 1.33 bits per heavy atom. The number of benzene rings is 1. The van der Waals surface area contributed by atoms with Crippen molar-refractivity contribution in [3.8, 4) is 0 Å². The fourth-order valence-corrected chi connectivity index (χ4v) is 2.84. The Morgan fingerprint density at radius 3 is 2.71 bits per heavy atom. The van der Waals surface area contributed by atoms with Crippen LogP contribution in [0.2, 0.25) is 0 Å². The molecular weight excluding hydrogens is 293 g/mol. The summed E-state index contributed by atoms with van der Waals surface area (Å²) in [6.45, 7) is 1.76. The van der Waals surface area contributed by atoms with E-state index in [0.717, 1.165) is 16.9 Å². The number of anilines is 1. The summed E-state index contributed by atoms with van der Waals surface area (Å²) in [5, 5.41) is 3.20. The molecule has 0 aliphatic carbocycles. The summed E-state index contributed by atoms with van der Waals surface area (Å²) in [6, 6.07) is 7.82. The highest BCUT2D eigenvalue weighted by Gasteiger charge is 2.15. The molecule has 0 saturated heterocycles. The Kier molecular flexibility index (Phi) is 4.70. The summed E-state index contributed by atoms with van der Waals surface area (Å²) in [7, 11) is 1.30. The highest BCUT2D eigenvalue weighted by molar-refractivity contribution is 7.18. The number of rotatable bonds is 4. The van der Waals surface area contributed by atoms with Crippen LogP contribution in [0.4, 0.5) is 9.39 Å². The minimum absolute atomic E-state index is 0.0584. The fraction of sp³-hybridized carbons (Fsp3) is 0.200. The van der Waals surface area contributed by atoms with E-state index in [1.54, 1.807) is 31.2 Å². The number of carbonyl (C=O) groups is 2. The van der Waals surface area contributed by atoms with Crippen molar-refractivity contribution in [3.05, 3.63) is 52.2 Å². The zero-order valence-corrected chi connectivity index (χ0v) is 12.4. The van der Waals surface area contributed by atoms with Gasteiger partial charge in [0, 0.05) is 0 Å². The molecule has 1 aromatic carbocycles. The molecule has 21 heavy (non-hydrogen) atoms. The lowest BCUT2D eigenvalue weighted by atomic mass is 10.1. The normalized spacial score (nSPS) is 10.2. The molecule has 0 bridgehead atoms. The van der Waals surface area contributed by atoms with Gasteiger partial charge in [0.15, 0.2) is 0 Å². The minimum Gasteiger partial charge on any atom is -0.465 e. The second-order valence-corrected chi connectivity index (χ2v) is 5.48. The Bertz CT molecular complexity index is 681. The number of nitrogens with one attached hydrogen (secondary N) is 1. The second-order valence-electron chi connectivity index (χ2n) is 4.43. The van der Waals surface area contributed by atoms with E-state index in [0.29, 0.717) is 15.4 Å². The highest BCUT2D eigenvalue weighted by atomic mass is 32.1. The molecule has 4 nitrogen and oxygen atoms in total. The summed E-state index contributed by atoms with van der Waals surface area (Å²) >= 11 is 1.14. The van der Waals surface area contributed by atoms with Crippen LogP contribution in [-0.2, 0) is 16.0 Å². The molecule has 1 N–H and O–H groups in total. The van der Waals surface area contributed by atoms with E-state index in [1.165, 1.54) is 13.2 Å². The van der Waals surface area contributed by atoms with Crippen LogP contribution in [0.1, 0.15) is 20.8 Å². The molecule has 0 radical (unpaired) electrons. The van der Waals surface area contributed by atoms with Crippen LogP contribution in [0, 0.1) is 12.7 Å². The summed E-state index contributed by atoms with van der Waals surface area (Å²) in [4.78, 5) is 23.8. The van der Waals surface area contributed by atoms with E-state index in [4.69, 9.17) is 0 Å². The SMILES string of the molecule is COC(=O)c1sc(NC(=O)Cc2ccccc2F)cc1C. The number of ether oxygens (including phenoxy) is 1. The number of methoxy groups -OCH3 is 1. The molecule has 0 spiro atoms. The van der Waals surface area contributed by atoms with Gasteiger partial charge in [-0.2, -0.15) is 0 Å². The lowest BCUT2D eigenvalue weighted by molar-refractivity contribution is -0.115. The van der Waals surface area contributed by atoms with Gasteiger partial charge in [-0.1, -0.05) is 18.2 Å². The standard InChI is InChI=1S/C15H14FNO3S/c1-9-7-13(21-14(9)15(19)20-2)17-12(18)8-10-5-3-4-6-11(10)16/h3-7H,8H2,1-2H3,(H,17,18). The van der Waals surface area contributed by atoms with Crippen molar-refractivity contribution in [1.29, 1.82) is 0 Å². The van der Waals surface area contributed by atoms with Gasteiger partial charge in [-0.05, 0) is 30.2 Å². The Balaban J connectivity index is 2.07. The maximum absolute atomic E-state index is 13.5. The van der Waals surface area contributed by atoms with Crippen LogP contribution in [0.5, 0.6) is 0 Å². The number of halogens is 1. The third-order valence-electron chi connectivity index (χ3n) is 2.86. The molecule has 0 aliphatic rings. The molecule has 1 amide bonds. The van der Waals surface area contributed by atoms with Gasteiger partial charge >= 0.3 is 5.97 Å². The third kappa shape index (κ3) is 3.66. The van der Waals surface area contributed by atoms with Gasteiger partial charge in [0.2, 0.25) is 5.91 Å². The smallest absolute Gasteiger partial charge is 0.348 e. The summed E-state index contributed by atoms with van der Waals surface area (Å²) in [5.74, 6) is -1.19. The van der Waals surface area contributed by atoms with E-state index in [2.05, 4.69) is 10.1 Å². The van der Waals surface area contributed by atoms with Crippen LogP contribution >= 0.6 is 11.3 Å². The first kappa shape index (κ1) is 15.2. The monoisotopic (exact) mass is 307 g/mol. The average Bonchev–Trinajstić information content (AvgIpc) is 2.81. The molecule has 0 saturated carbocycles. The number of esters is 1. The zero-order chi connectivity index (χ0) is 15.4. The van der Waals surface area contributed by atoms with Crippen LogP contribution in [-0.4, -0.2) is 19.0 Å². The van der Waals surface area contributed by atoms with E-state index in [-0.39, 0.29) is 12.3 Å². The molecule has 0 unspecified atom stereocenters. The first-order valence-corrected chi connectivity index (χ1v) is 7.05. The van der Waals surface area contributed by atoms with E-state index in [1.807, 2.05) is 0 Å². The van der Waals surface area contributed by atoms with Crippen molar-refractivity contribution in [2.45, 2.75) is 13.3 Å².